The number of carbonyl (C=O) groups excluding carboxylic acids is 1. The molecule has 26 heavy (non-hydrogen) atoms. The molecule has 0 aliphatic heterocycles. The van der Waals surface area contributed by atoms with Crippen LogP contribution in [-0.4, -0.2) is 34.6 Å². The molecule has 0 unspecified atom stereocenters. The molecule has 0 spiro atoms. The summed E-state index contributed by atoms with van der Waals surface area (Å²) in [5, 5.41) is 25.1. The van der Waals surface area contributed by atoms with E-state index in [9.17, 15) is 14.7 Å². The van der Waals surface area contributed by atoms with Gasteiger partial charge in [0.05, 0.1) is 29.2 Å². The Bertz CT molecular complexity index is 1020. The summed E-state index contributed by atoms with van der Waals surface area (Å²) in [6, 6.07) is 15.2. The van der Waals surface area contributed by atoms with Crippen molar-refractivity contribution in [3.63, 3.8) is 0 Å². The van der Waals surface area contributed by atoms with Crippen molar-refractivity contribution in [2.75, 3.05) is 5.32 Å². The van der Waals surface area contributed by atoms with Crippen LogP contribution in [0.5, 0.6) is 0 Å². The SMILES string of the molecule is Bc1ccc(C(=O)Nc2cnn(-c3ccc(C#N)cc3)c2C(=O)O)cc1. The summed E-state index contributed by atoms with van der Waals surface area (Å²) >= 11 is 0. The highest BCUT2D eigenvalue weighted by atomic mass is 16.4. The molecule has 0 saturated carbocycles. The predicted octanol–water partition coefficient (Wildman–Crippen LogP) is 0.953. The zero-order valence-corrected chi connectivity index (χ0v) is 13.8. The van der Waals surface area contributed by atoms with E-state index in [4.69, 9.17) is 5.26 Å². The van der Waals surface area contributed by atoms with E-state index in [1.807, 2.05) is 13.9 Å². The van der Waals surface area contributed by atoms with E-state index in [1.165, 1.54) is 10.9 Å². The number of rotatable bonds is 4. The Kier molecular flexibility index (Phi) is 4.54. The van der Waals surface area contributed by atoms with Gasteiger partial charge in [-0.05, 0) is 24.3 Å². The van der Waals surface area contributed by atoms with Gasteiger partial charge in [0, 0.05) is 5.56 Å². The molecule has 1 aromatic heterocycles. The molecule has 7 nitrogen and oxygen atoms in total. The molecule has 2 N–H and O–H groups in total. The number of hydrogen-bond donors (Lipinski definition) is 2. The second-order valence-corrected chi connectivity index (χ2v) is 5.60. The standard InChI is InChI=1S/C18H13BN4O3/c19-13-5-3-12(4-6-13)17(24)22-15-10-21-23(16(15)18(25)26)14-7-1-11(9-20)2-8-14/h1-8,10H,19H2,(H,22,24)(H,25,26). The van der Waals surface area contributed by atoms with Crippen molar-refractivity contribution in [3.05, 3.63) is 71.5 Å². The van der Waals surface area contributed by atoms with E-state index in [0.29, 0.717) is 16.8 Å². The number of anilines is 1. The van der Waals surface area contributed by atoms with Gasteiger partial charge >= 0.3 is 5.97 Å². The minimum absolute atomic E-state index is 0.0902. The summed E-state index contributed by atoms with van der Waals surface area (Å²) < 4.78 is 1.20. The summed E-state index contributed by atoms with van der Waals surface area (Å²) in [5.74, 6) is -1.65. The highest BCUT2D eigenvalue weighted by Crippen LogP contribution is 2.20. The number of hydrogen-bond acceptors (Lipinski definition) is 4. The minimum Gasteiger partial charge on any atom is -0.476 e. The van der Waals surface area contributed by atoms with Crippen LogP contribution in [0.15, 0.2) is 54.7 Å². The molecule has 0 fully saturated rings. The molecule has 0 aliphatic rings. The number of amides is 1. The van der Waals surface area contributed by atoms with E-state index in [1.54, 1.807) is 48.5 Å². The number of nitrogens with zero attached hydrogens (tertiary/aromatic N) is 3. The number of aromatic nitrogens is 2. The monoisotopic (exact) mass is 344 g/mol. The van der Waals surface area contributed by atoms with Crippen LogP contribution in [0.3, 0.4) is 0 Å². The fourth-order valence-corrected chi connectivity index (χ4v) is 2.42. The van der Waals surface area contributed by atoms with Crippen LogP contribution < -0.4 is 10.8 Å². The van der Waals surface area contributed by atoms with Crippen LogP contribution >= 0.6 is 0 Å². The quantitative estimate of drug-likeness (QED) is 0.685. The molecule has 126 valence electrons. The Morgan fingerprint density at radius 2 is 1.77 bits per heavy atom. The van der Waals surface area contributed by atoms with Crippen LogP contribution in [0.2, 0.25) is 0 Å². The normalized spacial score (nSPS) is 10.1. The third-order valence-corrected chi connectivity index (χ3v) is 3.77. The molecule has 2 aromatic carbocycles. The summed E-state index contributed by atoms with van der Waals surface area (Å²) in [5.41, 5.74) is 2.27. The fourth-order valence-electron chi connectivity index (χ4n) is 2.42. The zero-order valence-electron chi connectivity index (χ0n) is 13.8. The molecule has 0 bridgehead atoms. The Morgan fingerprint density at radius 3 is 2.35 bits per heavy atom. The van der Waals surface area contributed by atoms with Crippen molar-refractivity contribution >= 4 is 30.9 Å². The largest absolute Gasteiger partial charge is 0.476 e. The highest BCUT2D eigenvalue weighted by Gasteiger charge is 2.21. The summed E-state index contributed by atoms with van der Waals surface area (Å²) in [7, 11) is 1.91. The van der Waals surface area contributed by atoms with E-state index in [2.05, 4.69) is 10.4 Å². The maximum Gasteiger partial charge on any atom is 0.356 e. The third kappa shape index (κ3) is 3.32. The Balaban J connectivity index is 1.94. The molecule has 0 aliphatic carbocycles. The summed E-state index contributed by atoms with van der Waals surface area (Å²) in [6.07, 6.45) is 1.29. The number of carbonyl (C=O) groups is 2. The number of carboxylic acids is 1. The van der Waals surface area contributed by atoms with Crippen LogP contribution in [0.1, 0.15) is 26.4 Å². The molecule has 0 saturated heterocycles. The molecular formula is C18H13BN4O3. The van der Waals surface area contributed by atoms with Crippen LogP contribution in [0.4, 0.5) is 5.69 Å². The maximum absolute atomic E-state index is 12.4. The minimum atomic E-state index is -1.23. The highest BCUT2D eigenvalue weighted by molar-refractivity contribution is 6.32. The average molecular weight is 344 g/mol. The first-order valence-electron chi connectivity index (χ1n) is 7.69. The van der Waals surface area contributed by atoms with Gasteiger partial charge in [0.2, 0.25) is 0 Å². The van der Waals surface area contributed by atoms with Crippen molar-refractivity contribution < 1.29 is 14.7 Å². The molecule has 3 rings (SSSR count). The van der Waals surface area contributed by atoms with Crippen LogP contribution in [0.25, 0.3) is 5.69 Å². The van der Waals surface area contributed by atoms with E-state index < -0.39 is 11.9 Å². The lowest BCUT2D eigenvalue weighted by Gasteiger charge is -2.07. The second-order valence-electron chi connectivity index (χ2n) is 5.60. The van der Waals surface area contributed by atoms with Crippen LogP contribution in [-0.2, 0) is 0 Å². The average Bonchev–Trinajstić information content (AvgIpc) is 3.06. The van der Waals surface area contributed by atoms with Gasteiger partial charge in [-0.25, -0.2) is 9.48 Å². The van der Waals surface area contributed by atoms with Gasteiger partial charge in [-0.2, -0.15) is 10.4 Å². The summed E-state index contributed by atoms with van der Waals surface area (Å²) in [6.45, 7) is 0. The zero-order chi connectivity index (χ0) is 18.7. The number of aromatic carboxylic acids is 1. The van der Waals surface area contributed by atoms with Gasteiger partial charge in [0.15, 0.2) is 5.69 Å². The molecule has 8 heteroatoms. The molecular weight excluding hydrogens is 331 g/mol. The lowest BCUT2D eigenvalue weighted by Crippen LogP contribution is -2.16. The summed E-state index contributed by atoms with van der Waals surface area (Å²) in [4.78, 5) is 24.1. The topological polar surface area (TPSA) is 108 Å². The van der Waals surface area contributed by atoms with Gasteiger partial charge in [-0.1, -0.05) is 29.7 Å². The molecule has 0 atom stereocenters. The van der Waals surface area contributed by atoms with Gasteiger partial charge in [-0.15, -0.1) is 0 Å². The number of benzene rings is 2. The smallest absolute Gasteiger partial charge is 0.356 e. The van der Waals surface area contributed by atoms with Crippen molar-refractivity contribution in [2.24, 2.45) is 0 Å². The van der Waals surface area contributed by atoms with Crippen LogP contribution in [0, 0.1) is 11.3 Å². The lowest BCUT2D eigenvalue weighted by molar-refractivity contribution is 0.0688. The maximum atomic E-state index is 12.4. The van der Waals surface area contributed by atoms with Gasteiger partial charge in [0.1, 0.15) is 7.85 Å². The molecule has 1 amide bonds. The molecule has 0 radical (unpaired) electrons. The second kappa shape index (κ2) is 6.95. The number of nitriles is 1. The first-order chi connectivity index (χ1) is 12.5. The lowest BCUT2D eigenvalue weighted by atomic mass is 9.95. The third-order valence-electron chi connectivity index (χ3n) is 3.77. The van der Waals surface area contributed by atoms with E-state index >= 15 is 0 Å². The first kappa shape index (κ1) is 17.0. The molecule has 3 aromatic rings. The van der Waals surface area contributed by atoms with E-state index in [0.717, 1.165) is 5.46 Å². The first-order valence-corrected chi connectivity index (χ1v) is 7.69. The Labute approximate surface area is 149 Å². The number of carboxylic acid groups (broad SMARTS) is 1. The Morgan fingerprint density at radius 1 is 1.12 bits per heavy atom. The van der Waals surface area contributed by atoms with Gasteiger partial charge < -0.3 is 10.4 Å². The van der Waals surface area contributed by atoms with Crippen molar-refractivity contribution in [1.82, 2.24) is 9.78 Å². The van der Waals surface area contributed by atoms with Gasteiger partial charge in [0.25, 0.3) is 5.91 Å². The van der Waals surface area contributed by atoms with Crippen molar-refractivity contribution in [2.45, 2.75) is 0 Å². The van der Waals surface area contributed by atoms with E-state index in [-0.39, 0.29) is 11.4 Å². The van der Waals surface area contributed by atoms with Crippen molar-refractivity contribution in [1.29, 1.82) is 5.26 Å². The Hall–Kier alpha value is -3.86. The van der Waals surface area contributed by atoms with Crippen molar-refractivity contribution in [3.8, 4) is 11.8 Å². The fraction of sp³-hybridized carbons (Fsp3) is 0. The molecule has 1 heterocycles. The number of nitrogens with one attached hydrogen (secondary N) is 1. The van der Waals surface area contributed by atoms with Gasteiger partial charge in [-0.3, -0.25) is 4.79 Å². The predicted molar refractivity (Wildman–Crippen MR) is 97.8 cm³/mol.